The Hall–Kier alpha value is -3.51. The molecule has 4 heterocycles. The number of fused-ring (bicyclic) bond motifs is 3. The van der Waals surface area contributed by atoms with Gasteiger partial charge in [0.05, 0.1) is 11.1 Å². The number of Topliss-reactive ketones (excluding diaryl/α,β-unsaturated/α-hetero) is 1. The van der Waals surface area contributed by atoms with Crippen LogP contribution in [0, 0.1) is 6.92 Å². The van der Waals surface area contributed by atoms with Crippen LogP contribution in [0.25, 0.3) is 6.08 Å². The summed E-state index contributed by atoms with van der Waals surface area (Å²) in [5.74, 6) is 1.63. The van der Waals surface area contributed by atoms with E-state index in [2.05, 4.69) is 14.9 Å². The van der Waals surface area contributed by atoms with E-state index < -0.39 is 0 Å². The number of ether oxygens (including phenoxy) is 2. The standard InChI is InChI=1S/C23H19N3O3/c1-15-10-19-18(13-26(14-28-19)12-17-4-8-25-9-5-17)23-21(15)22(27)20(29-23)11-16-2-6-24-7-3-16/h2-11H,12-14H2,1H3/b20-11-. The number of carbonyl (C=O) groups excluding carboxylic acids is 1. The Balaban J connectivity index is 1.48. The van der Waals surface area contributed by atoms with E-state index in [-0.39, 0.29) is 5.78 Å². The molecule has 6 nitrogen and oxygen atoms in total. The molecule has 5 rings (SSSR count). The van der Waals surface area contributed by atoms with Gasteiger partial charge in [-0.2, -0.15) is 0 Å². The third-order valence-electron chi connectivity index (χ3n) is 5.15. The third kappa shape index (κ3) is 3.28. The molecule has 2 aromatic heterocycles. The molecule has 29 heavy (non-hydrogen) atoms. The third-order valence-corrected chi connectivity index (χ3v) is 5.15. The molecule has 144 valence electrons. The first kappa shape index (κ1) is 17.6. The molecule has 1 aromatic carbocycles. The van der Waals surface area contributed by atoms with Crippen LogP contribution in [0.1, 0.15) is 32.6 Å². The second-order valence-corrected chi connectivity index (χ2v) is 7.21. The van der Waals surface area contributed by atoms with E-state index in [0.29, 0.717) is 30.3 Å². The lowest BCUT2D eigenvalue weighted by Gasteiger charge is -2.30. The molecular formula is C23H19N3O3. The van der Waals surface area contributed by atoms with Crippen molar-refractivity contribution in [1.82, 2.24) is 14.9 Å². The molecule has 2 aliphatic heterocycles. The number of nitrogens with zero attached hydrogens (tertiary/aromatic N) is 3. The van der Waals surface area contributed by atoms with Crippen LogP contribution >= 0.6 is 0 Å². The van der Waals surface area contributed by atoms with Crippen molar-refractivity contribution in [2.24, 2.45) is 0 Å². The minimum absolute atomic E-state index is 0.0941. The van der Waals surface area contributed by atoms with Gasteiger partial charge in [0.1, 0.15) is 18.2 Å². The normalized spacial score (nSPS) is 16.9. The Morgan fingerprint density at radius 3 is 2.59 bits per heavy atom. The Kier molecular flexibility index (Phi) is 4.33. The summed E-state index contributed by atoms with van der Waals surface area (Å²) in [6, 6.07) is 9.60. The quantitative estimate of drug-likeness (QED) is 0.640. The molecule has 0 spiro atoms. The predicted octanol–water partition coefficient (Wildman–Crippen LogP) is 3.75. The molecule has 3 aromatic rings. The van der Waals surface area contributed by atoms with Gasteiger partial charge in [-0.15, -0.1) is 0 Å². The second-order valence-electron chi connectivity index (χ2n) is 7.21. The first-order valence-corrected chi connectivity index (χ1v) is 9.44. The van der Waals surface area contributed by atoms with Crippen LogP contribution in [0.2, 0.25) is 0 Å². The first-order chi connectivity index (χ1) is 14.2. The molecule has 0 unspecified atom stereocenters. The molecule has 0 amide bonds. The zero-order valence-corrected chi connectivity index (χ0v) is 16.0. The van der Waals surface area contributed by atoms with E-state index in [1.54, 1.807) is 30.9 Å². The molecule has 2 aliphatic rings. The van der Waals surface area contributed by atoms with Crippen molar-refractivity contribution >= 4 is 11.9 Å². The molecule has 0 N–H and O–H groups in total. The highest BCUT2D eigenvalue weighted by Crippen LogP contribution is 2.44. The van der Waals surface area contributed by atoms with Crippen molar-refractivity contribution in [3.8, 4) is 11.5 Å². The summed E-state index contributed by atoms with van der Waals surface area (Å²) in [7, 11) is 0. The number of hydrogen-bond acceptors (Lipinski definition) is 6. The van der Waals surface area contributed by atoms with Gasteiger partial charge in [0, 0.05) is 37.9 Å². The molecule has 0 saturated carbocycles. The highest BCUT2D eigenvalue weighted by molar-refractivity contribution is 6.15. The minimum Gasteiger partial charge on any atom is -0.478 e. The van der Waals surface area contributed by atoms with Crippen LogP contribution in [0.5, 0.6) is 11.5 Å². The van der Waals surface area contributed by atoms with Crippen molar-refractivity contribution in [2.45, 2.75) is 20.0 Å². The zero-order chi connectivity index (χ0) is 19.8. The monoisotopic (exact) mass is 385 g/mol. The summed E-state index contributed by atoms with van der Waals surface area (Å²) < 4.78 is 12.1. The Morgan fingerprint density at radius 2 is 1.83 bits per heavy atom. The van der Waals surface area contributed by atoms with Crippen molar-refractivity contribution in [3.05, 3.63) is 88.7 Å². The van der Waals surface area contributed by atoms with Gasteiger partial charge in [-0.3, -0.25) is 19.7 Å². The molecule has 0 fully saturated rings. The zero-order valence-electron chi connectivity index (χ0n) is 16.0. The van der Waals surface area contributed by atoms with Crippen LogP contribution in [-0.4, -0.2) is 27.4 Å². The maximum atomic E-state index is 13.0. The molecule has 0 atom stereocenters. The molecular weight excluding hydrogens is 366 g/mol. The molecule has 0 saturated heterocycles. The Bertz CT molecular complexity index is 1110. The van der Waals surface area contributed by atoms with Gasteiger partial charge in [0.15, 0.2) is 5.76 Å². The fraction of sp³-hybridized carbons (Fsp3) is 0.174. The average Bonchev–Trinajstić information content (AvgIpc) is 3.07. The average molecular weight is 385 g/mol. The summed E-state index contributed by atoms with van der Waals surface area (Å²) in [4.78, 5) is 23.3. The fourth-order valence-electron chi connectivity index (χ4n) is 3.73. The molecule has 6 heteroatoms. The van der Waals surface area contributed by atoms with E-state index in [1.807, 2.05) is 37.3 Å². The minimum atomic E-state index is -0.0941. The van der Waals surface area contributed by atoms with Gasteiger partial charge in [-0.05, 0) is 60.0 Å². The largest absolute Gasteiger partial charge is 0.478 e. The SMILES string of the molecule is Cc1cc2c(c3c1C(=O)/C(=C/c1ccncc1)O3)CN(Cc1ccncc1)CO2. The Morgan fingerprint density at radius 1 is 1.10 bits per heavy atom. The van der Waals surface area contributed by atoms with Crippen molar-refractivity contribution in [3.63, 3.8) is 0 Å². The summed E-state index contributed by atoms with van der Waals surface area (Å²) >= 11 is 0. The summed E-state index contributed by atoms with van der Waals surface area (Å²) in [6.07, 6.45) is 8.71. The van der Waals surface area contributed by atoms with E-state index in [4.69, 9.17) is 9.47 Å². The number of carbonyl (C=O) groups is 1. The fourth-order valence-corrected chi connectivity index (χ4v) is 3.73. The lowest BCUT2D eigenvalue weighted by atomic mass is 9.98. The van der Waals surface area contributed by atoms with Crippen LogP contribution in [0.15, 0.2) is 60.9 Å². The number of aromatic nitrogens is 2. The second kappa shape index (κ2) is 7.14. The highest BCUT2D eigenvalue weighted by Gasteiger charge is 2.35. The van der Waals surface area contributed by atoms with Gasteiger partial charge in [-0.1, -0.05) is 0 Å². The number of benzene rings is 1. The van der Waals surface area contributed by atoms with E-state index in [1.165, 1.54) is 0 Å². The maximum absolute atomic E-state index is 13.0. The van der Waals surface area contributed by atoms with Gasteiger partial charge < -0.3 is 9.47 Å². The van der Waals surface area contributed by atoms with Gasteiger partial charge >= 0.3 is 0 Å². The number of rotatable bonds is 3. The topological polar surface area (TPSA) is 64.5 Å². The highest BCUT2D eigenvalue weighted by atomic mass is 16.5. The van der Waals surface area contributed by atoms with Crippen LogP contribution < -0.4 is 9.47 Å². The lowest BCUT2D eigenvalue weighted by molar-refractivity contribution is 0.0872. The smallest absolute Gasteiger partial charge is 0.232 e. The van der Waals surface area contributed by atoms with Crippen LogP contribution in [-0.2, 0) is 13.1 Å². The van der Waals surface area contributed by atoms with Crippen molar-refractivity contribution < 1.29 is 14.3 Å². The van der Waals surface area contributed by atoms with E-state index in [0.717, 1.165) is 34.5 Å². The summed E-state index contributed by atoms with van der Waals surface area (Å²) in [5, 5.41) is 0. The van der Waals surface area contributed by atoms with Crippen LogP contribution in [0.3, 0.4) is 0 Å². The first-order valence-electron chi connectivity index (χ1n) is 9.44. The predicted molar refractivity (Wildman–Crippen MR) is 107 cm³/mol. The van der Waals surface area contributed by atoms with Crippen molar-refractivity contribution in [2.75, 3.05) is 6.73 Å². The van der Waals surface area contributed by atoms with Gasteiger partial charge in [0.25, 0.3) is 0 Å². The van der Waals surface area contributed by atoms with E-state index >= 15 is 0 Å². The van der Waals surface area contributed by atoms with E-state index in [9.17, 15) is 4.79 Å². The lowest BCUT2D eigenvalue weighted by Crippen LogP contribution is -2.31. The van der Waals surface area contributed by atoms with Gasteiger partial charge in [0.2, 0.25) is 5.78 Å². The number of ketones is 1. The number of allylic oxidation sites excluding steroid dienone is 1. The molecule has 0 radical (unpaired) electrons. The van der Waals surface area contributed by atoms with Gasteiger partial charge in [-0.25, -0.2) is 0 Å². The molecule has 0 bridgehead atoms. The molecule has 0 aliphatic carbocycles. The maximum Gasteiger partial charge on any atom is 0.232 e. The Labute approximate surface area is 168 Å². The summed E-state index contributed by atoms with van der Waals surface area (Å²) in [5.41, 5.74) is 4.43. The van der Waals surface area contributed by atoms with Crippen LogP contribution in [0.4, 0.5) is 0 Å². The van der Waals surface area contributed by atoms with Crippen molar-refractivity contribution in [1.29, 1.82) is 0 Å². The number of pyridine rings is 2. The number of aryl methyl sites for hydroxylation is 1. The summed E-state index contributed by atoms with van der Waals surface area (Å²) in [6.45, 7) is 3.79. The number of hydrogen-bond donors (Lipinski definition) is 0.